The molecule has 1 unspecified atom stereocenters. The highest BCUT2D eigenvalue weighted by Gasteiger charge is 2.38. The molecule has 0 radical (unpaired) electrons. The van der Waals surface area contributed by atoms with Gasteiger partial charge in [-0.25, -0.2) is 0 Å². The highest BCUT2D eigenvalue weighted by molar-refractivity contribution is 4.97. The molecule has 0 aliphatic carbocycles. The molecule has 2 nitrogen and oxygen atoms in total. The topological polar surface area (TPSA) is 15.3 Å². The number of rotatable bonds is 1. The summed E-state index contributed by atoms with van der Waals surface area (Å²) < 4.78 is 0. The van der Waals surface area contributed by atoms with Crippen LogP contribution < -0.4 is 5.32 Å². The average molecular weight is 210 g/mol. The smallest absolute Gasteiger partial charge is 0.0243 e. The fourth-order valence-electron chi connectivity index (χ4n) is 3.50. The van der Waals surface area contributed by atoms with E-state index in [1.54, 1.807) is 0 Å². The monoisotopic (exact) mass is 210 g/mol. The van der Waals surface area contributed by atoms with E-state index in [0.29, 0.717) is 5.54 Å². The third-order valence-corrected chi connectivity index (χ3v) is 4.25. The van der Waals surface area contributed by atoms with Gasteiger partial charge < -0.3 is 5.32 Å². The van der Waals surface area contributed by atoms with Crippen LogP contribution in [0.15, 0.2) is 0 Å². The van der Waals surface area contributed by atoms with Crippen molar-refractivity contribution in [3.63, 3.8) is 0 Å². The molecular formula is C13H26N2. The van der Waals surface area contributed by atoms with Crippen LogP contribution in [0.1, 0.15) is 53.4 Å². The van der Waals surface area contributed by atoms with Gasteiger partial charge in [0, 0.05) is 30.2 Å². The summed E-state index contributed by atoms with van der Waals surface area (Å²) in [4.78, 5) is 2.77. The molecule has 2 heterocycles. The van der Waals surface area contributed by atoms with Gasteiger partial charge in [0.15, 0.2) is 0 Å². The van der Waals surface area contributed by atoms with Crippen LogP contribution in [0.3, 0.4) is 0 Å². The van der Waals surface area contributed by atoms with Crippen LogP contribution in [0.4, 0.5) is 0 Å². The van der Waals surface area contributed by atoms with Crippen LogP contribution in [-0.4, -0.2) is 35.1 Å². The molecule has 88 valence electrons. The van der Waals surface area contributed by atoms with Gasteiger partial charge in [-0.3, -0.25) is 4.90 Å². The van der Waals surface area contributed by atoms with E-state index in [1.807, 2.05) is 0 Å². The first-order valence-corrected chi connectivity index (χ1v) is 6.52. The van der Waals surface area contributed by atoms with Gasteiger partial charge in [-0.05, 0) is 47.0 Å². The SMILES string of the molecule is C[C@@H]1CCC[C@H](C)N1C1CNC(C)(C)C1. The van der Waals surface area contributed by atoms with Crippen molar-refractivity contribution < 1.29 is 0 Å². The van der Waals surface area contributed by atoms with Gasteiger partial charge in [-0.2, -0.15) is 0 Å². The van der Waals surface area contributed by atoms with Crippen LogP contribution in [0.5, 0.6) is 0 Å². The molecule has 0 saturated carbocycles. The van der Waals surface area contributed by atoms with E-state index in [-0.39, 0.29) is 0 Å². The maximum atomic E-state index is 3.64. The first-order valence-electron chi connectivity index (χ1n) is 6.52. The van der Waals surface area contributed by atoms with Gasteiger partial charge >= 0.3 is 0 Å². The summed E-state index contributed by atoms with van der Waals surface area (Å²) in [5.74, 6) is 0. The maximum absolute atomic E-state index is 3.64. The number of nitrogens with one attached hydrogen (secondary N) is 1. The number of hydrogen-bond acceptors (Lipinski definition) is 2. The van der Waals surface area contributed by atoms with Crippen molar-refractivity contribution in [2.24, 2.45) is 0 Å². The molecule has 2 fully saturated rings. The highest BCUT2D eigenvalue weighted by atomic mass is 15.3. The normalized spacial score (nSPS) is 42.0. The Labute approximate surface area is 94.4 Å². The van der Waals surface area contributed by atoms with E-state index in [0.717, 1.165) is 18.1 Å². The van der Waals surface area contributed by atoms with Crippen LogP contribution in [0.2, 0.25) is 0 Å². The van der Waals surface area contributed by atoms with Crippen LogP contribution in [0.25, 0.3) is 0 Å². The van der Waals surface area contributed by atoms with Gasteiger partial charge in [-0.15, -0.1) is 0 Å². The zero-order chi connectivity index (χ0) is 11.1. The van der Waals surface area contributed by atoms with Crippen LogP contribution >= 0.6 is 0 Å². The maximum Gasteiger partial charge on any atom is 0.0243 e. The first kappa shape index (κ1) is 11.4. The molecule has 2 saturated heterocycles. The minimum atomic E-state index is 0.349. The van der Waals surface area contributed by atoms with Crippen molar-refractivity contribution in [1.82, 2.24) is 10.2 Å². The summed E-state index contributed by atoms with van der Waals surface area (Å²) in [5, 5.41) is 3.64. The molecule has 15 heavy (non-hydrogen) atoms. The van der Waals surface area contributed by atoms with Crippen molar-refractivity contribution in [2.45, 2.75) is 77.0 Å². The zero-order valence-electron chi connectivity index (χ0n) is 10.7. The molecule has 2 aliphatic heterocycles. The predicted octanol–water partition coefficient (Wildman–Crippen LogP) is 2.39. The molecule has 0 aromatic rings. The molecule has 2 heteroatoms. The fourth-order valence-corrected chi connectivity index (χ4v) is 3.50. The molecule has 0 aromatic heterocycles. The molecule has 0 spiro atoms. The molecule has 0 aromatic carbocycles. The van der Waals surface area contributed by atoms with Crippen molar-refractivity contribution in [3.8, 4) is 0 Å². The summed E-state index contributed by atoms with van der Waals surface area (Å²) >= 11 is 0. The van der Waals surface area contributed by atoms with Crippen LogP contribution in [0, 0.1) is 0 Å². The van der Waals surface area contributed by atoms with Gasteiger partial charge in [0.25, 0.3) is 0 Å². The van der Waals surface area contributed by atoms with Gasteiger partial charge in [0.1, 0.15) is 0 Å². The summed E-state index contributed by atoms with van der Waals surface area (Å²) in [6.45, 7) is 10.6. The number of hydrogen-bond donors (Lipinski definition) is 1. The van der Waals surface area contributed by atoms with E-state index in [2.05, 4.69) is 37.9 Å². The summed E-state index contributed by atoms with van der Waals surface area (Å²) in [7, 11) is 0. The minimum Gasteiger partial charge on any atom is -0.310 e. The van der Waals surface area contributed by atoms with Crippen molar-refractivity contribution >= 4 is 0 Å². The average Bonchev–Trinajstić information content (AvgIpc) is 2.46. The lowest BCUT2D eigenvalue weighted by molar-refractivity contribution is 0.0607. The summed E-state index contributed by atoms with van der Waals surface area (Å²) in [6, 6.07) is 2.34. The van der Waals surface area contributed by atoms with Gasteiger partial charge in [0.05, 0.1) is 0 Å². The predicted molar refractivity (Wildman–Crippen MR) is 65.1 cm³/mol. The molecule has 3 atom stereocenters. The zero-order valence-corrected chi connectivity index (χ0v) is 10.7. The van der Waals surface area contributed by atoms with E-state index < -0.39 is 0 Å². The number of nitrogens with zero attached hydrogens (tertiary/aromatic N) is 1. The first-order chi connectivity index (χ1) is 6.99. The lowest BCUT2D eigenvalue weighted by Gasteiger charge is -2.43. The number of likely N-dealkylation sites (tertiary alicyclic amines) is 1. The lowest BCUT2D eigenvalue weighted by atomic mass is 9.92. The standard InChI is InChI=1S/C13H26N2/c1-10-6-5-7-11(2)15(10)12-8-13(3,4)14-9-12/h10-12,14H,5-9H2,1-4H3/t10-,11+,12?. The highest BCUT2D eigenvalue weighted by Crippen LogP contribution is 2.30. The quantitative estimate of drug-likeness (QED) is 0.715. The van der Waals surface area contributed by atoms with E-state index in [9.17, 15) is 0 Å². The lowest BCUT2D eigenvalue weighted by Crippen LogP contribution is -2.50. The Morgan fingerprint density at radius 2 is 1.73 bits per heavy atom. The second-order valence-corrected chi connectivity index (χ2v) is 6.20. The fraction of sp³-hybridized carbons (Fsp3) is 1.00. The van der Waals surface area contributed by atoms with E-state index in [1.165, 1.54) is 32.2 Å². The molecule has 0 amide bonds. The van der Waals surface area contributed by atoms with Crippen molar-refractivity contribution in [3.05, 3.63) is 0 Å². The third kappa shape index (κ3) is 2.36. The summed E-state index contributed by atoms with van der Waals surface area (Å²) in [5.41, 5.74) is 0.349. The molecular weight excluding hydrogens is 184 g/mol. The largest absolute Gasteiger partial charge is 0.310 e. The van der Waals surface area contributed by atoms with E-state index >= 15 is 0 Å². The van der Waals surface area contributed by atoms with E-state index in [4.69, 9.17) is 0 Å². The van der Waals surface area contributed by atoms with Crippen LogP contribution in [-0.2, 0) is 0 Å². The molecule has 2 aliphatic rings. The Bertz CT molecular complexity index is 215. The van der Waals surface area contributed by atoms with Gasteiger partial charge in [-0.1, -0.05) is 6.42 Å². The molecule has 2 rings (SSSR count). The van der Waals surface area contributed by atoms with Crippen molar-refractivity contribution in [1.29, 1.82) is 0 Å². The Kier molecular flexibility index (Phi) is 3.09. The molecule has 0 bridgehead atoms. The Balaban J connectivity index is 2.02. The summed E-state index contributed by atoms with van der Waals surface area (Å²) in [6.07, 6.45) is 5.51. The third-order valence-electron chi connectivity index (χ3n) is 4.25. The Morgan fingerprint density at radius 3 is 2.20 bits per heavy atom. The Morgan fingerprint density at radius 1 is 1.13 bits per heavy atom. The second-order valence-electron chi connectivity index (χ2n) is 6.20. The van der Waals surface area contributed by atoms with Crippen molar-refractivity contribution in [2.75, 3.05) is 6.54 Å². The number of piperidine rings is 1. The Hall–Kier alpha value is -0.0800. The van der Waals surface area contributed by atoms with Gasteiger partial charge in [0.2, 0.25) is 0 Å². The molecule has 1 N–H and O–H groups in total. The minimum absolute atomic E-state index is 0.349. The second kappa shape index (κ2) is 4.06.